The second-order valence-electron chi connectivity index (χ2n) is 6.26. The van der Waals surface area contributed by atoms with Crippen LogP contribution in [0.25, 0.3) is 0 Å². The van der Waals surface area contributed by atoms with Gasteiger partial charge < -0.3 is 5.32 Å². The van der Waals surface area contributed by atoms with Crippen molar-refractivity contribution in [2.24, 2.45) is 5.41 Å². The number of anilines is 1. The summed E-state index contributed by atoms with van der Waals surface area (Å²) >= 11 is 6.04. The Kier molecular flexibility index (Phi) is 3.97. The summed E-state index contributed by atoms with van der Waals surface area (Å²) in [5.74, 6) is -1.31. The van der Waals surface area contributed by atoms with E-state index < -0.39 is 23.3 Å². The SMILES string of the molecule is CC1C(=O)NC(C(C)(C)C)C(=O)N1c1c(F)cccc1Cl. The molecule has 2 amide bonds. The number of carbonyl (C=O) groups is 2. The molecule has 1 aromatic rings. The van der Waals surface area contributed by atoms with Crippen molar-refractivity contribution < 1.29 is 14.0 Å². The predicted octanol–water partition coefficient (Wildman–Crippen LogP) is 2.75. The van der Waals surface area contributed by atoms with E-state index >= 15 is 0 Å². The van der Waals surface area contributed by atoms with E-state index in [0.717, 1.165) is 4.90 Å². The quantitative estimate of drug-likeness (QED) is 0.867. The highest BCUT2D eigenvalue weighted by atomic mass is 35.5. The van der Waals surface area contributed by atoms with E-state index in [1.54, 1.807) is 6.92 Å². The monoisotopic (exact) mass is 312 g/mol. The van der Waals surface area contributed by atoms with Crippen LogP contribution < -0.4 is 10.2 Å². The third-order valence-electron chi connectivity index (χ3n) is 3.58. The molecule has 114 valence electrons. The molecule has 1 fully saturated rings. The van der Waals surface area contributed by atoms with Crippen LogP contribution >= 0.6 is 11.6 Å². The Morgan fingerprint density at radius 3 is 2.43 bits per heavy atom. The molecule has 1 N–H and O–H groups in total. The number of halogens is 2. The number of para-hydroxylation sites is 1. The van der Waals surface area contributed by atoms with Crippen molar-refractivity contribution in [3.8, 4) is 0 Å². The van der Waals surface area contributed by atoms with Crippen LogP contribution in [-0.4, -0.2) is 23.9 Å². The molecule has 0 spiro atoms. The van der Waals surface area contributed by atoms with Crippen molar-refractivity contribution in [2.45, 2.75) is 39.8 Å². The Balaban J connectivity index is 2.54. The fourth-order valence-corrected chi connectivity index (χ4v) is 2.64. The number of amides is 2. The number of nitrogens with zero attached hydrogens (tertiary/aromatic N) is 1. The molecule has 1 aromatic carbocycles. The summed E-state index contributed by atoms with van der Waals surface area (Å²) in [5, 5.41) is 2.81. The average molecular weight is 313 g/mol. The Hall–Kier alpha value is -1.62. The van der Waals surface area contributed by atoms with Gasteiger partial charge in [-0.2, -0.15) is 0 Å². The Morgan fingerprint density at radius 2 is 1.90 bits per heavy atom. The summed E-state index contributed by atoms with van der Waals surface area (Å²) in [4.78, 5) is 26.0. The van der Waals surface area contributed by atoms with Gasteiger partial charge in [0.05, 0.1) is 10.7 Å². The molecule has 0 saturated carbocycles. The molecule has 2 rings (SSSR count). The van der Waals surface area contributed by atoms with Crippen molar-refractivity contribution in [2.75, 3.05) is 4.90 Å². The Labute approximate surface area is 128 Å². The maximum absolute atomic E-state index is 14.1. The zero-order valence-electron chi connectivity index (χ0n) is 12.4. The second kappa shape index (κ2) is 5.30. The molecule has 0 radical (unpaired) electrons. The van der Waals surface area contributed by atoms with Gasteiger partial charge in [0.15, 0.2) is 0 Å². The van der Waals surface area contributed by atoms with E-state index in [4.69, 9.17) is 11.6 Å². The van der Waals surface area contributed by atoms with Crippen LogP contribution in [0.15, 0.2) is 18.2 Å². The maximum Gasteiger partial charge on any atom is 0.250 e. The lowest BCUT2D eigenvalue weighted by atomic mass is 9.84. The van der Waals surface area contributed by atoms with E-state index in [0.29, 0.717) is 0 Å². The largest absolute Gasteiger partial charge is 0.342 e. The fourth-order valence-electron chi connectivity index (χ4n) is 2.38. The van der Waals surface area contributed by atoms with Crippen molar-refractivity contribution >= 4 is 29.1 Å². The summed E-state index contributed by atoms with van der Waals surface area (Å²) in [5.41, 5.74) is -0.524. The van der Waals surface area contributed by atoms with Crippen LogP contribution in [0.3, 0.4) is 0 Å². The standard InChI is InChI=1S/C15H18ClFN2O2/c1-8-13(20)18-12(15(2,3)4)14(21)19(8)11-9(16)6-5-7-10(11)17/h5-8,12H,1-4H3,(H,18,20). The zero-order valence-corrected chi connectivity index (χ0v) is 13.2. The lowest BCUT2D eigenvalue weighted by Crippen LogP contribution is -2.66. The number of rotatable bonds is 1. The summed E-state index contributed by atoms with van der Waals surface area (Å²) in [6.07, 6.45) is 0. The van der Waals surface area contributed by atoms with E-state index in [9.17, 15) is 14.0 Å². The molecular weight excluding hydrogens is 295 g/mol. The molecule has 0 bridgehead atoms. The van der Waals surface area contributed by atoms with Crippen molar-refractivity contribution in [3.05, 3.63) is 29.0 Å². The van der Waals surface area contributed by atoms with Gasteiger partial charge in [-0.15, -0.1) is 0 Å². The van der Waals surface area contributed by atoms with Crippen LogP contribution in [-0.2, 0) is 9.59 Å². The minimum atomic E-state index is -0.814. The van der Waals surface area contributed by atoms with Gasteiger partial charge in [0.25, 0.3) is 5.91 Å². The van der Waals surface area contributed by atoms with Gasteiger partial charge in [-0.25, -0.2) is 4.39 Å². The summed E-state index contributed by atoms with van der Waals surface area (Å²) in [6, 6.07) is 2.64. The first-order valence-electron chi connectivity index (χ1n) is 6.72. The van der Waals surface area contributed by atoms with Crippen LogP contribution in [0.2, 0.25) is 5.02 Å². The third-order valence-corrected chi connectivity index (χ3v) is 3.89. The van der Waals surface area contributed by atoms with Gasteiger partial charge in [0, 0.05) is 0 Å². The number of nitrogens with one attached hydrogen (secondary N) is 1. The van der Waals surface area contributed by atoms with Crippen LogP contribution in [0.4, 0.5) is 10.1 Å². The average Bonchev–Trinajstić information content (AvgIpc) is 2.36. The molecule has 2 unspecified atom stereocenters. The van der Waals surface area contributed by atoms with Crippen molar-refractivity contribution in [1.82, 2.24) is 5.32 Å². The van der Waals surface area contributed by atoms with Crippen LogP contribution in [0.5, 0.6) is 0 Å². The minimum Gasteiger partial charge on any atom is -0.342 e. The van der Waals surface area contributed by atoms with Crippen molar-refractivity contribution in [3.63, 3.8) is 0 Å². The number of carbonyl (C=O) groups excluding carboxylic acids is 2. The highest BCUT2D eigenvalue weighted by Crippen LogP contribution is 2.34. The maximum atomic E-state index is 14.1. The van der Waals surface area contributed by atoms with Crippen LogP contribution in [0.1, 0.15) is 27.7 Å². The van der Waals surface area contributed by atoms with Gasteiger partial charge >= 0.3 is 0 Å². The molecule has 0 aliphatic carbocycles. The first-order chi connectivity index (χ1) is 9.64. The zero-order chi connectivity index (χ0) is 15.9. The molecule has 4 nitrogen and oxygen atoms in total. The van der Waals surface area contributed by atoms with E-state index in [2.05, 4.69) is 5.32 Å². The van der Waals surface area contributed by atoms with Gasteiger partial charge in [-0.05, 0) is 24.5 Å². The number of hydrogen-bond donors (Lipinski definition) is 1. The first kappa shape index (κ1) is 15.8. The topological polar surface area (TPSA) is 49.4 Å². The van der Waals surface area contributed by atoms with Gasteiger partial charge in [0.2, 0.25) is 5.91 Å². The summed E-state index contributed by atoms with van der Waals surface area (Å²) < 4.78 is 14.1. The van der Waals surface area contributed by atoms with E-state index in [1.165, 1.54) is 18.2 Å². The molecule has 1 aliphatic heterocycles. The first-order valence-corrected chi connectivity index (χ1v) is 7.10. The van der Waals surface area contributed by atoms with Gasteiger partial charge in [0.1, 0.15) is 17.9 Å². The highest BCUT2D eigenvalue weighted by molar-refractivity contribution is 6.34. The molecule has 6 heteroatoms. The highest BCUT2D eigenvalue weighted by Gasteiger charge is 2.45. The molecule has 2 atom stereocenters. The smallest absolute Gasteiger partial charge is 0.250 e. The fraction of sp³-hybridized carbons (Fsp3) is 0.467. The van der Waals surface area contributed by atoms with E-state index in [1.807, 2.05) is 20.8 Å². The van der Waals surface area contributed by atoms with Gasteiger partial charge in [-0.3, -0.25) is 14.5 Å². The number of hydrogen-bond acceptors (Lipinski definition) is 2. The number of piperazine rings is 1. The van der Waals surface area contributed by atoms with E-state index in [-0.39, 0.29) is 22.5 Å². The lowest BCUT2D eigenvalue weighted by molar-refractivity contribution is -0.136. The van der Waals surface area contributed by atoms with Crippen molar-refractivity contribution in [1.29, 1.82) is 0 Å². The minimum absolute atomic E-state index is 0.0410. The molecule has 21 heavy (non-hydrogen) atoms. The molecule has 1 heterocycles. The Bertz CT molecular complexity index is 578. The lowest BCUT2D eigenvalue weighted by Gasteiger charge is -2.42. The summed E-state index contributed by atoms with van der Waals surface area (Å²) in [7, 11) is 0. The molecule has 1 aliphatic rings. The predicted molar refractivity (Wildman–Crippen MR) is 79.7 cm³/mol. The molecular formula is C15H18ClFN2O2. The summed E-state index contributed by atoms with van der Waals surface area (Å²) in [6.45, 7) is 7.07. The van der Waals surface area contributed by atoms with Gasteiger partial charge in [-0.1, -0.05) is 38.4 Å². The normalized spacial score (nSPS) is 23.2. The Morgan fingerprint density at radius 1 is 1.29 bits per heavy atom. The number of benzene rings is 1. The molecule has 0 aromatic heterocycles. The second-order valence-corrected chi connectivity index (χ2v) is 6.67. The van der Waals surface area contributed by atoms with Crippen LogP contribution in [0, 0.1) is 11.2 Å². The molecule has 1 saturated heterocycles. The third kappa shape index (κ3) is 2.75.